The first-order chi connectivity index (χ1) is 18.7. The molecule has 1 saturated heterocycles. The summed E-state index contributed by atoms with van der Waals surface area (Å²) in [7, 11) is -0.185. The Kier molecular flexibility index (Phi) is 9.54. The van der Waals surface area contributed by atoms with Gasteiger partial charge in [-0.05, 0) is 87.6 Å². The number of amides is 2. The zero-order valence-electron chi connectivity index (χ0n) is 23.2. The molecule has 4 atom stereocenters. The molecule has 1 aliphatic rings. The van der Waals surface area contributed by atoms with E-state index in [9.17, 15) is 44.8 Å². The van der Waals surface area contributed by atoms with Gasteiger partial charge in [-0.25, -0.2) is 9.18 Å². The van der Waals surface area contributed by atoms with Crippen molar-refractivity contribution in [2.24, 2.45) is 0 Å². The quantitative estimate of drug-likeness (QED) is 0.358. The number of carbonyl (C=O) groups is 1. The van der Waals surface area contributed by atoms with Crippen molar-refractivity contribution in [3.63, 3.8) is 0 Å². The van der Waals surface area contributed by atoms with Crippen LogP contribution in [0.5, 0.6) is 0 Å². The first-order valence-electron chi connectivity index (χ1n) is 12.9. The van der Waals surface area contributed by atoms with Crippen molar-refractivity contribution in [1.29, 1.82) is 0 Å². The minimum absolute atomic E-state index is 0.00520. The molecule has 1 aliphatic heterocycles. The Morgan fingerprint density at radius 3 is 2.12 bits per heavy atom. The van der Waals surface area contributed by atoms with Crippen molar-refractivity contribution in [3.05, 3.63) is 70.0 Å². The van der Waals surface area contributed by atoms with Crippen LogP contribution in [0.2, 0.25) is 0 Å². The highest BCUT2D eigenvalue weighted by Gasteiger charge is 2.40. The van der Waals surface area contributed by atoms with Crippen LogP contribution in [0.1, 0.15) is 73.5 Å². The van der Waals surface area contributed by atoms with Gasteiger partial charge in [-0.3, -0.25) is 4.21 Å². The number of nitrogens with zero attached hydrogens (tertiary/aromatic N) is 2. The number of halogens is 7. The average molecular weight is 611 g/mol. The van der Waals surface area contributed by atoms with E-state index in [-0.39, 0.29) is 36.8 Å². The maximum atomic E-state index is 13.9. The second kappa shape index (κ2) is 11.9. The number of likely N-dealkylation sites (tertiary alicyclic amines) is 1. The molecule has 0 spiro atoms. The predicted octanol–water partition coefficient (Wildman–Crippen LogP) is 7.01. The molecule has 3 rings (SSSR count). The van der Waals surface area contributed by atoms with Crippen LogP contribution in [-0.2, 0) is 23.2 Å². The lowest BCUT2D eigenvalue weighted by Gasteiger charge is -2.43. The van der Waals surface area contributed by atoms with Crippen LogP contribution >= 0.6 is 0 Å². The fourth-order valence-electron chi connectivity index (χ4n) is 4.99. The molecule has 13 heteroatoms. The molecule has 2 aromatic carbocycles. The number of hydrogen-bond donors (Lipinski definition) is 1. The van der Waals surface area contributed by atoms with Crippen LogP contribution in [0.15, 0.2) is 36.4 Å². The van der Waals surface area contributed by atoms with Gasteiger partial charge in [0.2, 0.25) is 0 Å². The molecule has 5 nitrogen and oxygen atoms in total. The fraction of sp³-hybridized carbons (Fsp3) is 0.536. The van der Waals surface area contributed by atoms with Crippen molar-refractivity contribution < 1.29 is 44.8 Å². The number of urea groups is 1. The molecular formula is C28H33F7N2O3S. The summed E-state index contributed by atoms with van der Waals surface area (Å²) in [6, 6.07) is 2.68. The molecule has 1 unspecified atom stereocenters. The molecule has 0 aliphatic carbocycles. The summed E-state index contributed by atoms with van der Waals surface area (Å²) < 4.78 is 108. The van der Waals surface area contributed by atoms with Gasteiger partial charge in [-0.15, -0.1) is 0 Å². The molecule has 1 heterocycles. The number of aryl methyl sites for hydroxylation is 1. The summed E-state index contributed by atoms with van der Waals surface area (Å²) in [5.74, 6) is -0.507. The Morgan fingerprint density at radius 1 is 1.07 bits per heavy atom. The lowest BCUT2D eigenvalue weighted by molar-refractivity contribution is -0.143. The van der Waals surface area contributed by atoms with Crippen LogP contribution in [-0.4, -0.2) is 55.3 Å². The number of hydrogen-bond acceptors (Lipinski definition) is 3. The lowest BCUT2D eigenvalue weighted by atomic mass is 9.92. The van der Waals surface area contributed by atoms with Gasteiger partial charge in [0.1, 0.15) is 5.82 Å². The molecule has 2 amide bonds. The minimum Gasteiger partial charge on any atom is -0.390 e. The van der Waals surface area contributed by atoms with Gasteiger partial charge < -0.3 is 14.9 Å². The smallest absolute Gasteiger partial charge is 0.390 e. The Balaban J connectivity index is 1.97. The summed E-state index contributed by atoms with van der Waals surface area (Å²) in [5, 5.41) is 9.74. The van der Waals surface area contributed by atoms with Gasteiger partial charge >= 0.3 is 18.4 Å². The second-order valence-electron chi connectivity index (χ2n) is 11.1. The third kappa shape index (κ3) is 8.00. The third-order valence-electron chi connectivity index (χ3n) is 7.23. The van der Waals surface area contributed by atoms with Crippen LogP contribution in [0.3, 0.4) is 0 Å². The van der Waals surface area contributed by atoms with E-state index in [4.69, 9.17) is 0 Å². The normalized spacial score (nSPS) is 20.1. The van der Waals surface area contributed by atoms with E-state index < -0.39 is 69.1 Å². The molecular weight excluding hydrogens is 577 g/mol. The largest absolute Gasteiger partial charge is 0.416 e. The fourth-order valence-corrected chi connectivity index (χ4v) is 6.68. The van der Waals surface area contributed by atoms with E-state index in [1.165, 1.54) is 50.9 Å². The van der Waals surface area contributed by atoms with Crippen LogP contribution < -0.4 is 0 Å². The maximum Gasteiger partial charge on any atom is 0.416 e. The predicted molar refractivity (Wildman–Crippen MR) is 141 cm³/mol. The van der Waals surface area contributed by atoms with E-state index in [2.05, 4.69) is 0 Å². The van der Waals surface area contributed by atoms with Crippen LogP contribution in [0.25, 0.3) is 0 Å². The monoisotopic (exact) mass is 610 g/mol. The summed E-state index contributed by atoms with van der Waals surface area (Å²) in [6.07, 6.45) is -9.59. The Hall–Kier alpha value is -2.67. The highest BCUT2D eigenvalue weighted by Crippen LogP contribution is 2.40. The molecule has 1 N–H and O–H groups in total. The number of carbonyl (C=O) groups excluding carboxylic acids is 1. The highest BCUT2D eigenvalue weighted by atomic mass is 32.2. The number of piperidine rings is 1. The van der Waals surface area contributed by atoms with Crippen molar-refractivity contribution in [2.75, 3.05) is 19.3 Å². The molecule has 1 fully saturated rings. The molecule has 0 radical (unpaired) electrons. The van der Waals surface area contributed by atoms with Gasteiger partial charge in [0.05, 0.1) is 34.6 Å². The van der Waals surface area contributed by atoms with E-state index in [0.717, 1.165) is 4.90 Å². The standard InChI is InChI=1S/C28H33F7N2O3S/c1-16-10-21(29)6-7-23(16)24-14-22(41(40)15-26(3,4)39)8-9-37(24)25(38)36(5)17(2)18-11-19(27(30,31)32)13-20(12-18)28(33,34)35/h6-7,10-13,17,22,24,39H,8-9,14-15H2,1-5H3/t17-,22-,24+,41?/m0/s1. The van der Waals surface area contributed by atoms with Gasteiger partial charge in [-0.2, -0.15) is 26.3 Å². The molecule has 0 saturated carbocycles. The van der Waals surface area contributed by atoms with Gasteiger partial charge in [0.25, 0.3) is 0 Å². The van der Waals surface area contributed by atoms with Gasteiger partial charge in [0, 0.05) is 29.6 Å². The first kappa shape index (κ1) is 32.8. The molecule has 228 valence electrons. The van der Waals surface area contributed by atoms with Crippen LogP contribution in [0.4, 0.5) is 35.5 Å². The minimum atomic E-state index is -5.04. The summed E-state index contributed by atoms with van der Waals surface area (Å²) in [5.41, 5.74) is -3.42. The maximum absolute atomic E-state index is 13.9. The Labute approximate surface area is 236 Å². The molecule has 2 aromatic rings. The molecule has 0 bridgehead atoms. The third-order valence-corrected chi connectivity index (χ3v) is 9.40. The number of aliphatic hydroxyl groups is 1. The van der Waals surface area contributed by atoms with Crippen molar-refractivity contribution in [3.8, 4) is 0 Å². The Morgan fingerprint density at radius 2 is 1.63 bits per heavy atom. The Bertz CT molecular complexity index is 1260. The first-order valence-corrected chi connectivity index (χ1v) is 14.3. The topological polar surface area (TPSA) is 60.9 Å². The van der Waals surface area contributed by atoms with E-state index in [1.807, 2.05) is 0 Å². The summed E-state index contributed by atoms with van der Waals surface area (Å²) >= 11 is 0. The lowest BCUT2D eigenvalue weighted by Crippen LogP contribution is -2.49. The number of alkyl halides is 6. The average Bonchev–Trinajstić information content (AvgIpc) is 2.84. The van der Waals surface area contributed by atoms with Crippen molar-refractivity contribution in [2.45, 2.75) is 75.8 Å². The van der Waals surface area contributed by atoms with Gasteiger partial charge in [-0.1, -0.05) is 6.07 Å². The van der Waals surface area contributed by atoms with Gasteiger partial charge in [0.15, 0.2) is 0 Å². The summed E-state index contributed by atoms with van der Waals surface area (Å²) in [6.45, 7) is 6.11. The molecule has 41 heavy (non-hydrogen) atoms. The second-order valence-corrected chi connectivity index (χ2v) is 12.8. The number of benzene rings is 2. The van der Waals surface area contributed by atoms with E-state index >= 15 is 0 Å². The molecule has 0 aromatic heterocycles. The van der Waals surface area contributed by atoms with E-state index in [1.54, 1.807) is 6.92 Å². The van der Waals surface area contributed by atoms with Crippen LogP contribution in [0, 0.1) is 12.7 Å². The van der Waals surface area contributed by atoms with Crippen molar-refractivity contribution in [1.82, 2.24) is 9.80 Å². The van der Waals surface area contributed by atoms with E-state index in [0.29, 0.717) is 23.3 Å². The highest BCUT2D eigenvalue weighted by molar-refractivity contribution is 7.85. The summed E-state index contributed by atoms with van der Waals surface area (Å²) in [4.78, 5) is 16.2. The zero-order valence-corrected chi connectivity index (χ0v) is 24.1. The SMILES string of the molecule is Cc1cc(F)ccc1[C@H]1C[C@@H](S(=O)CC(C)(C)O)CCN1C(=O)N(C)[C@@H](C)c1cc(C(F)(F)F)cc(C(F)(F)F)c1. The van der Waals surface area contributed by atoms with Crippen molar-refractivity contribution >= 4 is 16.8 Å². The number of rotatable bonds is 6. The zero-order chi connectivity index (χ0) is 31.1.